The van der Waals surface area contributed by atoms with Crippen molar-refractivity contribution in [3.63, 3.8) is 0 Å². The van der Waals surface area contributed by atoms with Gasteiger partial charge in [-0.15, -0.1) is 0 Å². The minimum atomic E-state index is 0.0953. The summed E-state index contributed by atoms with van der Waals surface area (Å²) < 4.78 is 5.92. The summed E-state index contributed by atoms with van der Waals surface area (Å²) in [5.74, 6) is 0.987. The number of aromatic amines is 1. The average molecular weight is 294 g/mol. The third-order valence-electron chi connectivity index (χ3n) is 4.18. The summed E-state index contributed by atoms with van der Waals surface area (Å²) in [5.41, 5.74) is 3.20. The molecule has 0 amide bonds. The number of H-pyrrole nitrogens is 1. The van der Waals surface area contributed by atoms with Crippen LogP contribution in [-0.2, 0) is 4.74 Å². The van der Waals surface area contributed by atoms with Crippen molar-refractivity contribution in [2.45, 2.75) is 13.0 Å². The average Bonchev–Trinajstić information content (AvgIpc) is 2.96. The van der Waals surface area contributed by atoms with Crippen LogP contribution in [0.15, 0.2) is 42.6 Å². The number of hydrogen-bond donors (Lipinski definition) is 1. The van der Waals surface area contributed by atoms with Crippen LogP contribution in [0.1, 0.15) is 17.4 Å². The van der Waals surface area contributed by atoms with Crippen molar-refractivity contribution in [1.82, 2.24) is 15.2 Å². The van der Waals surface area contributed by atoms with E-state index in [9.17, 15) is 0 Å². The predicted octanol–water partition coefficient (Wildman–Crippen LogP) is 2.84. The minimum Gasteiger partial charge on any atom is -0.370 e. The van der Waals surface area contributed by atoms with E-state index < -0.39 is 0 Å². The quantitative estimate of drug-likeness (QED) is 0.789. The Morgan fingerprint density at radius 1 is 1.27 bits per heavy atom. The number of nitrogens with one attached hydrogen (secondary N) is 1. The van der Waals surface area contributed by atoms with E-state index in [1.807, 2.05) is 19.2 Å². The van der Waals surface area contributed by atoms with E-state index >= 15 is 0 Å². The van der Waals surface area contributed by atoms with Crippen LogP contribution in [0.2, 0.25) is 0 Å². The van der Waals surface area contributed by atoms with Crippen LogP contribution in [0.3, 0.4) is 0 Å². The highest BCUT2D eigenvalue weighted by molar-refractivity contribution is 5.82. The Kier molecular flexibility index (Phi) is 3.27. The molecule has 1 aliphatic rings. The number of fused-ring (bicyclic) bond motifs is 1. The molecule has 22 heavy (non-hydrogen) atoms. The minimum absolute atomic E-state index is 0.0953. The summed E-state index contributed by atoms with van der Waals surface area (Å²) in [4.78, 5) is 6.84. The number of aromatic nitrogens is 3. The van der Waals surface area contributed by atoms with E-state index in [1.165, 1.54) is 5.56 Å². The standard InChI is InChI=1S/C17H18N4O/c1-12-14-9-17(18-10-15(14)20-19-12)21-7-8-22-16(11-21)13-5-3-2-4-6-13/h2-6,9-10,16H,7-8,11H2,1H3,(H,19,20). The van der Waals surface area contributed by atoms with Crippen molar-refractivity contribution in [3.8, 4) is 0 Å². The normalized spacial score (nSPS) is 18.8. The molecule has 0 bridgehead atoms. The highest BCUT2D eigenvalue weighted by Crippen LogP contribution is 2.27. The molecule has 2 aromatic heterocycles. The molecule has 0 radical (unpaired) electrons. The van der Waals surface area contributed by atoms with Crippen molar-refractivity contribution in [1.29, 1.82) is 0 Å². The van der Waals surface area contributed by atoms with Gasteiger partial charge >= 0.3 is 0 Å². The largest absolute Gasteiger partial charge is 0.370 e. The van der Waals surface area contributed by atoms with E-state index in [1.54, 1.807) is 0 Å². The first-order valence-corrected chi connectivity index (χ1v) is 7.53. The van der Waals surface area contributed by atoms with Crippen LogP contribution in [0, 0.1) is 6.92 Å². The number of ether oxygens (including phenoxy) is 1. The summed E-state index contributed by atoms with van der Waals surface area (Å²) in [6.45, 7) is 4.42. The van der Waals surface area contributed by atoms with Gasteiger partial charge in [-0.1, -0.05) is 30.3 Å². The molecule has 1 saturated heterocycles. The molecule has 1 N–H and O–H groups in total. The Labute approximate surface area is 128 Å². The van der Waals surface area contributed by atoms with Crippen molar-refractivity contribution in [2.24, 2.45) is 0 Å². The lowest BCUT2D eigenvalue weighted by Crippen LogP contribution is -2.38. The van der Waals surface area contributed by atoms with E-state index in [-0.39, 0.29) is 6.10 Å². The van der Waals surface area contributed by atoms with Crippen LogP contribution < -0.4 is 4.90 Å². The topological polar surface area (TPSA) is 54.0 Å². The zero-order valence-electron chi connectivity index (χ0n) is 12.5. The molecule has 5 nitrogen and oxygen atoms in total. The first-order chi connectivity index (χ1) is 10.8. The maximum atomic E-state index is 5.92. The third-order valence-corrected chi connectivity index (χ3v) is 4.18. The van der Waals surface area contributed by atoms with E-state index in [0.29, 0.717) is 6.61 Å². The van der Waals surface area contributed by atoms with E-state index in [2.05, 4.69) is 50.4 Å². The van der Waals surface area contributed by atoms with Gasteiger partial charge in [0.15, 0.2) is 0 Å². The predicted molar refractivity (Wildman–Crippen MR) is 86.0 cm³/mol. The smallest absolute Gasteiger partial charge is 0.129 e. The second-order valence-electron chi connectivity index (χ2n) is 5.62. The van der Waals surface area contributed by atoms with E-state index in [4.69, 9.17) is 4.74 Å². The number of aryl methyl sites for hydroxylation is 1. The molecule has 3 heterocycles. The zero-order chi connectivity index (χ0) is 14.9. The molecule has 1 fully saturated rings. The van der Waals surface area contributed by atoms with Gasteiger partial charge in [0, 0.05) is 24.2 Å². The lowest BCUT2D eigenvalue weighted by Gasteiger charge is -2.34. The fraction of sp³-hybridized carbons (Fsp3) is 0.294. The molecule has 3 aromatic rings. The summed E-state index contributed by atoms with van der Waals surface area (Å²) in [5, 5.41) is 8.38. The van der Waals surface area contributed by atoms with Gasteiger partial charge in [0.25, 0.3) is 0 Å². The lowest BCUT2D eigenvalue weighted by molar-refractivity contribution is 0.0395. The maximum absolute atomic E-state index is 5.92. The van der Waals surface area contributed by atoms with Crippen LogP contribution in [0.5, 0.6) is 0 Å². The highest BCUT2D eigenvalue weighted by Gasteiger charge is 2.23. The summed E-state index contributed by atoms with van der Waals surface area (Å²) in [6, 6.07) is 12.5. The molecule has 0 spiro atoms. The van der Waals surface area contributed by atoms with Crippen molar-refractivity contribution in [2.75, 3.05) is 24.6 Å². The Balaban J connectivity index is 1.62. The number of hydrogen-bond acceptors (Lipinski definition) is 4. The second kappa shape index (κ2) is 5.42. The zero-order valence-corrected chi connectivity index (χ0v) is 12.5. The molecule has 1 aromatic carbocycles. The Morgan fingerprint density at radius 3 is 3.00 bits per heavy atom. The number of benzene rings is 1. The number of pyridine rings is 1. The maximum Gasteiger partial charge on any atom is 0.129 e. The fourth-order valence-corrected chi connectivity index (χ4v) is 2.93. The highest BCUT2D eigenvalue weighted by atomic mass is 16.5. The van der Waals surface area contributed by atoms with Gasteiger partial charge in [0.1, 0.15) is 17.4 Å². The number of rotatable bonds is 2. The molecule has 5 heteroatoms. The first-order valence-electron chi connectivity index (χ1n) is 7.53. The molecule has 1 unspecified atom stereocenters. The molecule has 0 aliphatic carbocycles. The third kappa shape index (κ3) is 2.33. The van der Waals surface area contributed by atoms with Gasteiger partial charge in [-0.2, -0.15) is 5.10 Å². The lowest BCUT2D eigenvalue weighted by atomic mass is 10.1. The van der Waals surface area contributed by atoms with Gasteiger partial charge in [0.2, 0.25) is 0 Å². The van der Waals surface area contributed by atoms with Crippen LogP contribution in [0.4, 0.5) is 5.82 Å². The Hall–Kier alpha value is -2.40. The van der Waals surface area contributed by atoms with Gasteiger partial charge < -0.3 is 9.64 Å². The van der Waals surface area contributed by atoms with Crippen molar-refractivity contribution >= 4 is 16.7 Å². The SMILES string of the molecule is Cc1[nH]nc2cnc(N3CCOC(c4ccccc4)C3)cc12. The van der Waals surface area contributed by atoms with Crippen LogP contribution >= 0.6 is 0 Å². The molecular weight excluding hydrogens is 276 g/mol. The summed E-state index contributed by atoms with van der Waals surface area (Å²) in [7, 11) is 0. The Bertz CT molecular complexity index is 784. The van der Waals surface area contributed by atoms with E-state index in [0.717, 1.165) is 35.5 Å². The Morgan fingerprint density at radius 2 is 2.14 bits per heavy atom. The fourth-order valence-electron chi connectivity index (χ4n) is 2.93. The number of morpholine rings is 1. The van der Waals surface area contributed by atoms with Gasteiger partial charge in [-0.05, 0) is 18.6 Å². The van der Waals surface area contributed by atoms with Gasteiger partial charge in [-0.25, -0.2) is 4.98 Å². The number of nitrogens with zero attached hydrogens (tertiary/aromatic N) is 3. The summed E-state index contributed by atoms with van der Waals surface area (Å²) in [6.07, 6.45) is 1.93. The molecule has 1 atom stereocenters. The van der Waals surface area contributed by atoms with Gasteiger partial charge in [0.05, 0.1) is 12.8 Å². The van der Waals surface area contributed by atoms with Crippen molar-refractivity contribution < 1.29 is 4.74 Å². The number of anilines is 1. The molecular formula is C17H18N4O. The molecule has 4 rings (SSSR count). The first kappa shape index (κ1) is 13.3. The second-order valence-corrected chi connectivity index (χ2v) is 5.62. The molecule has 1 aliphatic heterocycles. The van der Waals surface area contributed by atoms with Crippen LogP contribution in [0.25, 0.3) is 10.9 Å². The monoisotopic (exact) mass is 294 g/mol. The van der Waals surface area contributed by atoms with Crippen molar-refractivity contribution in [3.05, 3.63) is 53.9 Å². The van der Waals surface area contributed by atoms with Crippen LogP contribution in [-0.4, -0.2) is 34.9 Å². The summed E-state index contributed by atoms with van der Waals surface area (Å²) >= 11 is 0. The molecule has 0 saturated carbocycles. The van der Waals surface area contributed by atoms with Gasteiger partial charge in [-0.3, -0.25) is 5.10 Å². The molecule has 112 valence electrons.